The van der Waals surface area contributed by atoms with Gasteiger partial charge in [-0.2, -0.15) is 5.10 Å². The van der Waals surface area contributed by atoms with Crippen LogP contribution < -0.4 is 0 Å². The minimum absolute atomic E-state index is 0.0620. The van der Waals surface area contributed by atoms with Crippen molar-refractivity contribution in [2.75, 3.05) is 0 Å². The zero-order valence-electron chi connectivity index (χ0n) is 10.7. The monoisotopic (exact) mass is 278 g/mol. The Kier molecular flexibility index (Phi) is 3.75. The molecule has 2 rings (SSSR count). The average Bonchev–Trinajstić information content (AvgIpc) is 2.71. The van der Waals surface area contributed by atoms with Crippen molar-refractivity contribution in [1.82, 2.24) is 14.8 Å². The maximum atomic E-state index is 10.9. The van der Waals surface area contributed by atoms with Crippen LogP contribution >= 0.6 is 12.2 Å². The predicted molar refractivity (Wildman–Crippen MR) is 74.5 cm³/mol. The lowest BCUT2D eigenvalue weighted by atomic mass is 10.1. The first-order valence-corrected chi connectivity index (χ1v) is 6.35. The molecule has 1 N–H and O–H groups in total. The fourth-order valence-corrected chi connectivity index (χ4v) is 2.19. The summed E-state index contributed by atoms with van der Waals surface area (Å²) in [6.45, 7) is 4.59. The van der Waals surface area contributed by atoms with Crippen molar-refractivity contribution >= 4 is 17.9 Å². The largest absolute Gasteiger partial charge is 0.300 e. The number of nitrogens with one attached hydrogen (secondary N) is 1. The molecule has 100 valence electrons. The summed E-state index contributed by atoms with van der Waals surface area (Å²) in [5.74, 6) is 0.638. The van der Waals surface area contributed by atoms with Crippen LogP contribution in [0.1, 0.15) is 18.9 Å². The van der Waals surface area contributed by atoms with Crippen LogP contribution in [-0.4, -0.2) is 19.7 Å². The standard InChI is InChI=1S/C12H14N4O2S/c1-3-4-15-11(13-14-12(15)19)9-5-8(2)6-10(7-9)16(17)18/h5-7H,3-4H2,1-2H3,(H,14,19). The highest BCUT2D eigenvalue weighted by Crippen LogP contribution is 2.24. The van der Waals surface area contributed by atoms with E-state index in [0.29, 0.717) is 16.2 Å². The highest BCUT2D eigenvalue weighted by Gasteiger charge is 2.13. The van der Waals surface area contributed by atoms with E-state index in [9.17, 15) is 10.1 Å². The molecule has 0 radical (unpaired) electrons. The zero-order chi connectivity index (χ0) is 14.0. The summed E-state index contributed by atoms with van der Waals surface area (Å²) in [7, 11) is 0. The van der Waals surface area contributed by atoms with Gasteiger partial charge < -0.3 is 4.57 Å². The van der Waals surface area contributed by atoms with Gasteiger partial charge in [0.1, 0.15) is 0 Å². The number of rotatable bonds is 4. The fourth-order valence-electron chi connectivity index (χ4n) is 1.97. The summed E-state index contributed by atoms with van der Waals surface area (Å²) in [6.07, 6.45) is 0.911. The molecule has 0 fully saturated rings. The SMILES string of the molecule is CCCn1c(-c2cc(C)cc([N+](=O)[O-])c2)n[nH]c1=S. The van der Waals surface area contributed by atoms with E-state index in [-0.39, 0.29) is 5.69 Å². The van der Waals surface area contributed by atoms with Crippen molar-refractivity contribution in [3.05, 3.63) is 38.6 Å². The molecule has 1 aromatic heterocycles. The van der Waals surface area contributed by atoms with Crippen LogP contribution in [0.3, 0.4) is 0 Å². The van der Waals surface area contributed by atoms with E-state index in [1.54, 1.807) is 0 Å². The van der Waals surface area contributed by atoms with Crippen LogP contribution in [0, 0.1) is 21.8 Å². The Morgan fingerprint density at radius 3 is 2.84 bits per heavy atom. The molecule has 0 aliphatic carbocycles. The van der Waals surface area contributed by atoms with Crippen LogP contribution in [0.5, 0.6) is 0 Å². The summed E-state index contributed by atoms with van der Waals surface area (Å²) in [5.41, 5.74) is 1.58. The number of aryl methyl sites for hydroxylation is 1. The Balaban J connectivity index is 2.59. The second kappa shape index (κ2) is 5.31. The third kappa shape index (κ3) is 2.70. The summed E-state index contributed by atoms with van der Waals surface area (Å²) >= 11 is 5.17. The molecule has 19 heavy (non-hydrogen) atoms. The molecule has 0 amide bonds. The topological polar surface area (TPSA) is 76.8 Å². The summed E-state index contributed by atoms with van der Waals surface area (Å²) in [5, 5.41) is 17.8. The summed E-state index contributed by atoms with van der Waals surface area (Å²) in [4.78, 5) is 10.5. The fraction of sp³-hybridized carbons (Fsp3) is 0.333. The third-order valence-corrected chi connectivity index (χ3v) is 3.05. The smallest absolute Gasteiger partial charge is 0.270 e. The Morgan fingerprint density at radius 1 is 1.47 bits per heavy atom. The van der Waals surface area contributed by atoms with Gasteiger partial charge in [-0.3, -0.25) is 15.2 Å². The van der Waals surface area contributed by atoms with Gasteiger partial charge in [0.15, 0.2) is 10.6 Å². The molecule has 0 bridgehead atoms. The Morgan fingerprint density at radius 2 is 2.21 bits per heavy atom. The molecule has 0 unspecified atom stereocenters. The minimum Gasteiger partial charge on any atom is -0.300 e. The zero-order valence-corrected chi connectivity index (χ0v) is 11.5. The number of nitro benzene ring substituents is 1. The van der Waals surface area contributed by atoms with Crippen molar-refractivity contribution < 1.29 is 4.92 Å². The lowest BCUT2D eigenvalue weighted by Crippen LogP contribution is -2.00. The quantitative estimate of drug-likeness (QED) is 0.529. The van der Waals surface area contributed by atoms with Gasteiger partial charge in [-0.15, -0.1) is 0 Å². The molecule has 7 heteroatoms. The Labute approximate surface area is 115 Å². The minimum atomic E-state index is -0.401. The molecule has 1 heterocycles. The molecule has 6 nitrogen and oxygen atoms in total. The molecule has 1 aromatic carbocycles. The molecule has 2 aromatic rings. The predicted octanol–water partition coefficient (Wildman–Crippen LogP) is 3.23. The van der Waals surface area contributed by atoms with Crippen LogP contribution in [-0.2, 0) is 6.54 Å². The van der Waals surface area contributed by atoms with Crippen LogP contribution in [0.4, 0.5) is 5.69 Å². The maximum Gasteiger partial charge on any atom is 0.270 e. The van der Waals surface area contributed by atoms with E-state index in [1.807, 2.05) is 24.5 Å². The molecular weight excluding hydrogens is 264 g/mol. The van der Waals surface area contributed by atoms with Gasteiger partial charge in [0, 0.05) is 24.2 Å². The van der Waals surface area contributed by atoms with Gasteiger partial charge in [0.2, 0.25) is 0 Å². The molecule has 0 aliphatic rings. The van der Waals surface area contributed by atoms with Gasteiger partial charge >= 0.3 is 0 Å². The van der Waals surface area contributed by atoms with Crippen molar-refractivity contribution in [1.29, 1.82) is 0 Å². The van der Waals surface area contributed by atoms with Gasteiger partial charge in [-0.1, -0.05) is 6.92 Å². The van der Waals surface area contributed by atoms with E-state index in [0.717, 1.165) is 18.5 Å². The molecule has 0 aliphatic heterocycles. The van der Waals surface area contributed by atoms with E-state index >= 15 is 0 Å². The van der Waals surface area contributed by atoms with E-state index in [2.05, 4.69) is 10.2 Å². The number of hydrogen-bond donors (Lipinski definition) is 1. The summed E-state index contributed by atoms with van der Waals surface area (Å²) in [6, 6.07) is 4.92. The van der Waals surface area contributed by atoms with E-state index in [1.165, 1.54) is 12.1 Å². The van der Waals surface area contributed by atoms with Gasteiger partial charge in [-0.25, -0.2) is 0 Å². The van der Waals surface area contributed by atoms with Crippen LogP contribution in [0.2, 0.25) is 0 Å². The molecular formula is C12H14N4O2S. The highest BCUT2D eigenvalue weighted by molar-refractivity contribution is 7.71. The third-order valence-electron chi connectivity index (χ3n) is 2.74. The molecule has 0 atom stereocenters. The van der Waals surface area contributed by atoms with E-state index < -0.39 is 4.92 Å². The van der Waals surface area contributed by atoms with Gasteiger partial charge in [0.05, 0.1) is 4.92 Å². The van der Waals surface area contributed by atoms with E-state index in [4.69, 9.17) is 12.2 Å². The number of nitrogens with zero attached hydrogens (tertiary/aromatic N) is 3. The van der Waals surface area contributed by atoms with Crippen molar-refractivity contribution in [2.45, 2.75) is 26.8 Å². The number of nitro groups is 1. The number of aromatic nitrogens is 3. The first-order chi connectivity index (χ1) is 9.02. The van der Waals surface area contributed by atoms with Gasteiger partial charge in [-0.05, 0) is 37.2 Å². The second-order valence-electron chi connectivity index (χ2n) is 4.32. The first-order valence-electron chi connectivity index (χ1n) is 5.94. The lowest BCUT2D eigenvalue weighted by molar-refractivity contribution is -0.384. The normalized spacial score (nSPS) is 10.6. The van der Waals surface area contributed by atoms with Crippen molar-refractivity contribution in [3.8, 4) is 11.4 Å². The Bertz CT molecular complexity index is 675. The average molecular weight is 278 g/mol. The lowest BCUT2D eigenvalue weighted by Gasteiger charge is -2.06. The summed E-state index contributed by atoms with van der Waals surface area (Å²) < 4.78 is 2.38. The number of aromatic amines is 1. The number of benzene rings is 1. The first kappa shape index (κ1) is 13.4. The molecule has 0 saturated heterocycles. The number of hydrogen-bond acceptors (Lipinski definition) is 4. The number of non-ortho nitro benzene ring substituents is 1. The van der Waals surface area contributed by atoms with Crippen LogP contribution in [0.15, 0.2) is 18.2 Å². The molecule has 0 saturated carbocycles. The van der Waals surface area contributed by atoms with Gasteiger partial charge in [0.25, 0.3) is 5.69 Å². The Hall–Kier alpha value is -2.02. The number of H-pyrrole nitrogens is 1. The maximum absolute atomic E-state index is 10.9. The van der Waals surface area contributed by atoms with Crippen molar-refractivity contribution in [3.63, 3.8) is 0 Å². The van der Waals surface area contributed by atoms with Crippen LogP contribution in [0.25, 0.3) is 11.4 Å². The second-order valence-corrected chi connectivity index (χ2v) is 4.71. The molecule has 0 spiro atoms. The highest BCUT2D eigenvalue weighted by atomic mass is 32.1. The van der Waals surface area contributed by atoms with Crippen molar-refractivity contribution in [2.24, 2.45) is 0 Å².